The molecule has 0 aliphatic rings. The fourth-order valence-electron chi connectivity index (χ4n) is 2.14. The van der Waals surface area contributed by atoms with Gasteiger partial charge in [0, 0.05) is 5.39 Å². The van der Waals surface area contributed by atoms with E-state index >= 15 is 0 Å². The Hall–Kier alpha value is -2.62. The van der Waals surface area contributed by atoms with Crippen LogP contribution in [-0.2, 0) is 0 Å². The standard InChI is InChI=1S/C16H11FO3/c1-9-2-5-14-11(6-9)8-15(20-14)12-7-10(16(18)19)3-4-13(12)17/h2-8H,1H3,(H,18,19). The highest BCUT2D eigenvalue weighted by molar-refractivity contribution is 5.90. The van der Waals surface area contributed by atoms with Crippen molar-refractivity contribution in [1.29, 1.82) is 0 Å². The van der Waals surface area contributed by atoms with Crippen LogP contribution in [0.4, 0.5) is 4.39 Å². The van der Waals surface area contributed by atoms with E-state index in [0.29, 0.717) is 11.3 Å². The summed E-state index contributed by atoms with van der Waals surface area (Å²) in [7, 11) is 0. The van der Waals surface area contributed by atoms with E-state index in [0.717, 1.165) is 17.0 Å². The molecule has 1 aromatic heterocycles. The molecule has 3 rings (SSSR count). The van der Waals surface area contributed by atoms with Gasteiger partial charge in [0.2, 0.25) is 0 Å². The Labute approximate surface area is 114 Å². The molecule has 0 saturated heterocycles. The van der Waals surface area contributed by atoms with E-state index in [9.17, 15) is 9.18 Å². The molecule has 3 aromatic rings. The summed E-state index contributed by atoms with van der Waals surface area (Å²) in [6.45, 7) is 1.96. The number of carbonyl (C=O) groups is 1. The van der Waals surface area contributed by atoms with Crippen molar-refractivity contribution in [3.8, 4) is 11.3 Å². The molecule has 3 nitrogen and oxygen atoms in total. The second-order valence-electron chi connectivity index (χ2n) is 4.65. The summed E-state index contributed by atoms with van der Waals surface area (Å²) >= 11 is 0. The van der Waals surface area contributed by atoms with E-state index < -0.39 is 11.8 Å². The average Bonchev–Trinajstić information content (AvgIpc) is 2.81. The van der Waals surface area contributed by atoms with Crippen molar-refractivity contribution in [2.45, 2.75) is 6.92 Å². The SMILES string of the molecule is Cc1ccc2oc(-c3cc(C(=O)O)ccc3F)cc2c1. The summed E-state index contributed by atoms with van der Waals surface area (Å²) in [4.78, 5) is 11.0. The highest BCUT2D eigenvalue weighted by atomic mass is 19.1. The van der Waals surface area contributed by atoms with Gasteiger partial charge in [-0.25, -0.2) is 9.18 Å². The Bertz CT molecular complexity index is 818. The lowest BCUT2D eigenvalue weighted by atomic mass is 10.1. The number of aromatic carboxylic acids is 1. The van der Waals surface area contributed by atoms with E-state index in [2.05, 4.69) is 0 Å². The summed E-state index contributed by atoms with van der Waals surface area (Å²) in [5, 5.41) is 9.83. The van der Waals surface area contributed by atoms with Crippen LogP contribution in [0.25, 0.3) is 22.3 Å². The molecule has 1 N–H and O–H groups in total. The largest absolute Gasteiger partial charge is 0.478 e. The first-order chi connectivity index (χ1) is 9.54. The number of aryl methyl sites for hydroxylation is 1. The lowest BCUT2D eigenvalue weighted by Crippen LogP contribution is -1.97. The zero-order chi connectivity index (χ0) is 14.3. The van der Waals surface area contributed by atoms with Gasteiger partial charge in [-0.05, 0) is 43.3 Å². The maximum Gasteiger partial charge on any atom is 0.335 e. The number of rotatable bonds is 2. The molecule has 0 spiro atoms. The van der Waals surface area contributed by atoms with Gasteiger partial charge < -0.3 is 9.52 Å². The second kappa shape index (κ2) is 4.49. The first-order valence-electron chi connectivity index (χ1n) is 6.08. The summed E-state index contributed by atoms with van der Waals surface area (Å²) in [6, 6.07) is 11.0. The van der Waals surface area contributed by atoms with E-state index in [-0.39, 0.29) is 11.1 Å². The third-order valence-electron chi connectivity index (χ3n) is 3.15. The smallest absolute Gasteiger partial charge is 0.335 e. The number of benzene rings is 2. The topological polar surface area (TPSA) is 50.4 Å². The number of carboxylic acid groups (broad SMARTS) is 1. The zero-order valence-electron chi connectivity index (χ0n) is 10.7. The van der Waals surface area contributed by atoms with E-state index in [4.69, 9.17) is 9.52 Å². The number of halogens is 1. The maximum atomic E-state index is 13.9. The molecular weight excluding hydrogens is 259 g/mol. The molecule has 0 bridgehead atoms. The minimum atomic E-state index is -1.10. The van der Waals surface area contributed by atoms with Gasteiger partial charge in [0.1, 0.15) is 17.2 Å². The van der Waals surface area contributed by atoms with Crippen molar-refractivity contribution in [3.05, 3.63) is 59.4 Å². The summed E-state index contributed by atoms with van der Waals surface area (Å²) in [5.74, 6) is -1.28. The third kappa shape index (κ3) is 2.05. The Kier molecular flexibility index (Phi) is 2.79. The van der Waals surface area contributed by atoms with Gasteiger partial charge in [0.15, 0.2) is 0 Å². The van der Waals surface area contributed by atoms with Gasteiger partial charge in [0.05, 0.1) is 11.1 Å². The summed E-state index contributed by atoms with van der Waals surface area (Å²) in [5.41, 5.74) is 1.90. The number of carboxylic acids is 1. The molecule has 1 heterocycles. The van der Waals surface area contributed by atoms with Crippen LogP contribution in [0.3, 0.4) is 0 Å². The lowest BCUT2D eigenvalue weighted by Gasteiger charge is -2.01. The van der Waals surface area contributed by atoms with Crippen LogP contribution >= 0.6 is 0 Å². The Balaban J connectivity index is 2.19. The first kappa shape index (κ1) is 12.4. The van der Waals surface area contributed by atoms with Crippen LogP contribution in [0.1, 0.15) is 15.9 Å². The Morgan fingerprint density at radius 2 is 1.95 bits per heavy atom. The molecule has 0 atom stereocenters. The molecule has 4 heteroatoms. The summed E-state index contributed by atoms with van der Waals surface area (Å²) < 4.78 is 19.5. The van der Waals surface area contributed by atoms with Crippen LogP contribution in [0.15, 0.2) is 46.9 Å². The van der Waals surface area contributed by atoms with Crippen molar-refractivity contribution in [2.75, 3.05) is 0 Å². The molecular formula is C16H11FO3. The van der Waals surface area contributed by atoms with Gasteiger partial charge in [-0.3, -0.25) is 0 Å². The predicted octanol–water partition coefficient (Wildman–Crippen LogP) is 4.25. The van der Waals surface area contributed by atoms with Crippen molar-refractivity contribution in [1.82, 2.24) is 0 Å². The minimum Gasteiger partial charge on any atom is -0.478 e. The van der Waals surface area contributed by atoms with Crippen molar-refractivity contribution in [2.24, 2.45) is 0 Å². The van der Waals surface area contributed by atoms with E-state index in [1.807, 2.05) is 25.1 Å². The van der Waals surface area contributed by atoms with Crippen LogP contribution in [-0.4, -0.2) is 11.1 Å². The van der Waals surface area contributed by atoms with Crippen molar-refractivity contribution >= 4 is 16.9 Å². The molecule has 0 unspecified atom stereocenters. The molecule has 0 saturated carbocycles. The van der Waals surface area contributed by atoms with Gasteiger partial charge in [0.25, 0.3) is 0 Å². The molecule has 100 valence electrons. The average molecular weight is 270 g/mol. The maximum absolute atomic E-state index is 13.9. The minimum absolute atomic E-state index is 0.0260. The quantitative estimate of drug-likeness (QED) is 0.757. The fraction of sp³-hybridized carbons (Fsp3) is 0.0625. The Morgan fingerprint density at radius 3 is 2.70 bits per heavy atom. The molecule has 0 fully saturated rings. The third-order valence-corrected chi connectivity index (χ3v) is 3.15. The highest BCUT2D eigenvalue weighted by Gasteiger charge is 2.14. The van der Waals surface area contributed by atoms with Crippen LogP contribution in [0, 0.1) is 12.7 Å². The van der Waals surface area contributed by atoms with Gasteiger partial charge in [-0.1, -0.05) is 11.6 Å². The van der Waals surface area contributed by atoms with Crippen molar-refractivity contribution < 1.29 is 18.7 Å². The highest BCUT2D eigenvalue weighted by Crippen LogP contribution is 2.30. The molecule has 20 heavy (non-hydrogen) atoms. The van der Waals surface area contributed by atoms with Crippen LogP contribution in [0.5, 0.6) is 0 Å². The number of fused-ring (bicyclic) bond motifs is 1. The fourth-order valence-corrected chi connectivity index (χ4v) is 2.14. The second-order valence-corrected chi connectivity index (χ2v) is 4.65. The van der Waals surface area contributed by atoms with E-state index in [1.54, 1.807) is 6.07 Å². The molecule has 0 amide bonds. The molecule has 0 aliphatic carbocycles. The van der Waals surface area contributed by atoms with E-state index in [1.165, 1.54) is 12.1 Å². The predicted molar refractivity (Wildman–Crippen MR) is 73.3 cm³/mol. The summed E-state index contributed by atoms with van der Waals surface area (Å²) in [6.07, 6.45) is 0. The molecule has 2 aromatic carbocycles. The van der Waals surface area contributed by atoms with Crippen molar-refractivity contribution in [3.63, 3.8) is 0 Å². The Morgan fingerprint density at radius 1 is 1.15 bits per heavy atom. The first-order valence-corrected chi connectivity index (χ1v) is 6.08. The normalized spacial score (nSPS) is 10.9. The van der Waals surface area contributed by atoms with Gasteiger partial charge in [-0.15, -0.1) is 0 Å². The number of hydrogen-bond donors (Lipinski definition) is 1. The van der Waals surface area contributed by atoms with Gasteiger partial charge in [-0.2, -0.15) is 0 Å². The number of furan rings is 1. The zero-order valence-corrected chi connectivity index (χ0v) is 10.7. The molecule has 0 radical (unpaired) electrons. The van der Waals surface area contributed by atoms with Crippen LogP contribution < -0.4 is 0 Å². The van der Waals surface area contributed by atoms with Crippen LogP contribution in [0.2, 0.25) is 0 Å². The number of hydrogen-bond acceptors (Lipinski definition) is 2. The molecule has 0 aliphatic heterocycles. The monoisotopic (exact) mass is 270 g/mol. The van der Waals surface area contributed by atoms with Gasteiger partial charge >= 0.3 is 5.97 Å². The lowest BCUT2D eigenvalue weighted by molar-refractivity contribution is 0.0697.